The normalized spacial score (nSPS) is 17.8. The van der Waals surface area contributed by atoms with Gasteiger partial charge in [0, 0.05) is 6.54 Å². The Labute approximate surface area is 112 Å². The molecule has 0 radical (unpaired) electrons. The minimum Gasteiger partial charge on any atom is -0.354 e. The number of nitrogens with one attached hydrogen (secondary N) is 2. The zero-order valence-electron chi connectivity index (χ0n) is 10.4. The number of nitrogens with zero attached hydrogens (tertiary/aromatic N) is 4. The first kappa shape index (κ1) is 14.8. The second-order valence-corrected chi connectivity index (χ2v) is 4.84. The van der Waals surface area contributed by atoms with Crippen molar-refractivity contribution in [3.8, 4) is 0 Å². The Morgan fingerprint density at radius 2 is 2.22 bits per heavy atom. The van der Waals surface area contributed by atoms with E-state index in [2.05, 4.69) is 33.1 Å². The van der Waals surface area contributed by atoms with Gasteiger partial charge in [-0.25, -0.2) is 4.68 Å². The van der Waals surface area contributed by atoms with E-state index in [9.17, 15) is 4.79 Å². The smallest absolute Gasteiger partial charge is 0.241 e. The third kappa shape index (κ3) is 4.23. The predicted molar refractivity (Wildman–Crippen MR) is 68.3 cm³/mol. The molecule has 0 spiro atoms. The molecule has 1 aliphatic heterocycles. The third-order valence-corrected chi connectivity index (χ3v) is 3.22. The highest BCUT2D eigenvalue weighted by Gasteiger charge is 2.26. The fourth-order valence-electron chi connectivity index (χ4n) is 1.97. The van der Waals surface area contributed by atoms with Crippen molar-refractivity contribution in [1.82, 2.24) is 30.8 Å². The average Bonchev–Trinajstić information content (AvgIpc) is 2.80. The van der Waals surface area contributed by atoms with Gasteiger partial charge in [0.05, 0.1) is 0 Å². The SMILES string of the molecule is CC1(CNC(=O)Cn2cnnn2)CCNCC1.Cl. The van der Waals surface area contributed by atoms with Crippen LogP contribution < -0.4 is 10.6 Å². The van der Waals surface area contributed by atoms with E-state index in [0.717, 1.165) is 32.5 Å². The summed E-state index contributed by atoms with van der Waals surface area (Å²) in [5.74, 6) is -0.0444. The number of carbonyl (C=O) groups is 1. The van der Waals surface area contributed by atoms with Crippen molar-refractivity contribution in [2.24, 2.45) is 5.41 Å². The molecule has 1 fully saturated rings. The van der Waals surface area contributed by atoms with Gasteiger partial charge in [-0.05, 0) is 41.8 Å². The van der Waals surface area contributed by atoms with Crippen molar-refractivity contribution in [2.75, 3.05) is 19.6 Å². The van der Waals surface area contributed by atoms with Gasteiger partial charge in [-0.3, -0.25) is 4.79 Å². The van der Waals surface area contributed by atoms with Gasteiger partial charge in [0.25, 0.3) is 0 Å². The van der Waals surface area contributed by atoms with Crippen molar-refractivity contribution in [3.63, 3.8) is 0 Å². The maximum absolute atomic E-state index is 11.7. The maximum Gasteiger partial charge on any atom is 0.241 e. The molecule has 0 bridgehead atoms. The van der Waals surface area contributed by atoms with Crippen molar-refractivity contribution >= 4 is 18.3 Å². The third-order valence-electron chi connectivity index (χ3n) is 3.22. The molecule has 2 rings (SSSR count). The Morgan fingerprint density at radius 1 is 1.50 bits per heavy atom. The number of halogens is 1. The molecule has 0 aromatic carbocycles. The van der Waals surface area contributed by atoms with Gasteiger partial charge in [0.1, 0.15) is 12.9 Å². The first-order chi connectivity index (χ1) is 8.18. The summed E-state index contributed by atoms with van der Waals surface area (Å²) in [4.78, 5) is 11.7. The van der Waals surface area contributed by atoms with Gasteiger partial charge >= 0.3 is 0 Å². The van der Waals surface area contributed by atoms with E-state index in [1.807, 2.05) is 0 Å². The van der Waals surface area contributed by atoms with E-state index in [1.165, 1.54) is 11.0 Å². The quantitative estimate of drug-likeness (QED) is 0.781. The van der Waals surface area contributed by atoms with E-state index in [4.69, 9.17) is 0 Å². The molecule has 18 heavy (non-hydrogen) atoms. The van der Waals surface area contributed by atoms with Crippen LogP contribution in [0, 0.1) is 5.41 Å². The Balaban J connectivity index is 0.00000162. The van der Waals surface area contributed by atoms with Crippen LogP contribution in [-0.4, -0.2) is 45.7 Å². The molecule has 7 nitrogen and oxygen atoms in total. The first-order valence-electron chi connectivity index (χ1n) is 5.86. The highest BCUT2D eigenvalue weighted by atomic mass is 35.5. The molecule has 2 heterocycles. The van der Waals surface area contributed by atoms with E-state index < -0.39 is 0 Å². The molecule has 1 aromatic rings. The van der Waals surface area contributed by atoms with Crippen LogP contribution in [0.25, 0.3) is 0 Å². The summed E-state index contributed by atoms with van der Waals surface area (Å²) in [5.41, 5.74) is 0.210. The second kappa shape index (κ2) is 6.65. The number of rotatable bonds is 4. The van der Waals surface area contributed by atoms with E-state index in [1.54, 1.807) is 0 Å². The van der Waals surface area contributed by atoms with E-state index in [0.29, 0.717) is 0 Å². The van der Waals surface area contributed by atoms with Crippen molar-refractivity contribution in [3.05, 3.63) is 6.33 Å². The largest absolute Gasteiger partial charge is 0.354 e. The van der Waals surface area contributed by atoms with Crippen LogP contribution in [0.3, 0.4) is 0 Å². The van der Waals surface area contributed by atoms with Crippen molar-refractivity contribution < 1.29 is 4.79 Å². The van der Waals surface area contributed by atoms with Crippen LogP contribution in [-0.2, 0) is 11.3 Å². The van der Waals surface area contributed by atoms with Crippen LogP contribution in [0.1, 0.15) is 19.8 Å². The summed E-state index contributed by atoms with van der Waals surface area (Å²) >= 11 is 0. The zero-order chi connectivity index (χ0) is 12.1. The van der Waals surface area contributed by atoms with Crippen LogP contribution >= 0.6 is 12.4 Å². The van der Waals surface area contributed by atoms with Crippen molar-refractivity contribution in [2.45, 2.75) is 26.3 Å². The lowest BCUT2D eigenvalue weighted by atomic mass is 9.81. The number of hydrogen-bond donors (Lipinski definition) is 2. The summed E-state index contributed by atoms with van der Waals surface area (Å²) in [5, 5.41) is 16.9. The van der Waals surface area contributed by atoms with Crippen molar-refractivity contribution in [1.29, 1.82) is 0 Å². The zero-order valence-corrected chi connectivity index (χ0v) is 11.2. The van der Waals surface area contributed by atoms with E-state index in [-0.39, 0.29) is 30.3 Å². The molecule has 102 valence electrons. The lowest BCUT2D eigenvalue weighted by molar-refractivity contribution is -0.122. The molecule has 1 amide bonds. The summed E-state index contributed by atoms with van der Waals surface area (Å²) in [7, 11) is 0. The van der Waals surface area contributed by atoms with Gasteiger partial charge < -0.3 is 10.6 Å². The summed E-state index contributed by atoms with van der Waals surface area (Å²) < 4.78 is 1.42. The van der Waals surface area contributed by atoms with Gasteiger partial charge in [-0.2, -0.15) is 0 Å². The molecule has 8 heteroatoms. The van der Waals surface area contributed by atoms with Crippen LogP contribution in [0.5, 0.6) is 0 Å². The fraction of sp³-hybridized carbons (Fsp3) is 0.800. The number of tetrazole rings is 1. The minimum absolute atomic E-state index is 0. The first-order valence-corrected chi connectivity index (χ1v) is 5.86. The number of amides is 1. The summed E-state index contributed by atoms with van der Waals surface area (Å²) in [6.45, 7) is 5.17. The Bertz CT molecular complexity index is 362. The number of piperidine rings is 1. The molecule has 1 saturated heterocycles. The standard InChI is InChI=1S/C10H18N6O.ClH/c1-10(2-4-11-5-3-10)7-12-9(17)6-16-8-13-14-15-16;/h8,11H,2-7H2,1H3,(H,12,17);1H. The summed E-state index contributed by atoms with van der Waals surface area (Å²) in [6, 6.07) is 0. The maximum atomic E-state index is 11.7. The molecule has 0 unspecified atom stereocenters. The topological polar surface area (TPSA) is 84.7 Å². The van der Waals surface area contributed by atoms with Crippen LogP contribution in [0.2, 0.25) is 0 Å². The highest BCUT2D eigenvalue weighted by Crippen LogP contribution is 2.26. The Hall–Kier alpha value is -1.21. The van der Waals surface area contributed by atoms with E-state index >= 15 is 0 Å². The second-order valence-electron chi connectivity index (χ2n) is 4.84. The molecule has 0 saturated carbocycles. The van der Waals surface area contributed by atoms with Gasteiger partial charge in [0.15, 0.2) is 0 Å². The average molecular weight is 275 g/mol. The molecular formula is C10H19ClN6O. The van der Waals surface area contributed by atoms with Gasteiger partial charge in [-0.15, -0.1) is 17.5 Å². The summed E-state index contributed by atoms with van der Waals surface area (Å²) in [6.07, 6.45) is 3.63. The van der Waals surface area contributed by atoms with Crippen LogP contribution in [0.15, 0.2) is 6.33 Å². The number of aromatic nitrogens is 4. The Kier molecular flexibility index (Phi) is 5.49. The van der Waals surface area contributed by atoms with Gasteiger partial charge in [-0.1, -0.05) is 6.92 Å². The highest BCUT2D eigenvalue weighted by molar-refractivity contribution is 5.85. The fourth-order valence-corrected chi connectivity index (χ4v) is 1.97. The number of hydrogen-bond acceptors (Lipinski definition) is 5. The molecule has 0 aliphatic carbocycles. The van der Waals surface area contributed by atoms with Gasteiger partial charge in [0.2, 0.25) is 5.91 Å². The monoisotopic (exact) mass is 274 g/mol. The number of carbonyl (C=O) groups excluding carboxylic acids is 1. The molecule has 2 N–H and O–H groups in total. The molecular weight excluding hydrogens is 256 g/mol. The lowest BCUT2D eigenvalue weighted by Crippen LogP contribution is -2.43. The molecule has 0 atom stereocenters. The Morgan fingerprint density at radius 3 is 2.83 bits per heavy atom. The minimum atomic E-state index is -0.0444. The molecule has 1 aromatic heterocycles. The lowest BCUT2D eigenvalue weighted by Gasteiger charge is -2.34. The van der Waals surface area contributed by atoms with Crippen LogP contribution in [0.4, 0.5) is 0 Å². The molecule has 1 aliphatic rings. The predicted octanol–water partition coefficient (Wildman–Crippen LogP) is -0.399.